The molecule has 0 amide bonds. The lowest BCUT2D eigenvalue weighted by Gasteiger charge is -2.26. The van der Waals surface area contributed by atoms with Crippen LogP contribution in [-0.2, 0) is 22.6 Å². The van der Waals surface area contributed by atoms with E-state index in [2.05, 4.69) is 0 Å². The summed E-state index contributed by atoms with van der Waals surface area (Å²) in [5.74, 6) is -0.753. The first-order valence-electron chi connectivity index (χ1n) is 5.99. The van der Waals surface area contributed by atoms with Gasteiger partial charge in [0.2, 0.25) is 0 Å². The van der Waals surface area contributed by atoms with Gasteiger partial charge in [0.1, 0.15) is 5.75 Å². The van der Waals surface area contributed by atoms with Crippen LogP contribution in [0.1, 0.15) is 11.1 Å². The lowest BCUT2D eigenvalue weighted by Crippen LogP contribution is -2.39. The molecule has 0 aliphatic carbocycles. The third-order valence-electron chi connectivity index (χ3n) is 3.21. The molecule has 1 aliphatic heterocycles. The minimum absolute atomic E-state index is 0.0250. The van der Waals surface area contributed by atoms with Gasteiger partial charge in [0.05, 0.1) is 17.1 Å². The molecule has 1 aromatic rings. The molecular weight excluding hydrogens is 295 g/mol. The second kappa shape index (κ2) is 5.25. The Morgan fingerprint density at radius 1 is 1.20 bits per heavy atom. The van der Waals surface area contributed by atoms with Crippen molar-refractivity contribution in [2.24, 2.45) is 0 Å². The molecule has 0 atom stereocenters. The van der Waals surface area contributed by atoms with Crippen molar-refractivity contribution in [3.8, 4) is 5.75 Å². The SMILES string of the molecule is O=S1(=O)CCN(Cc2ccc(O)c(C(F)(F)F)c2)CC1. The van der Waals surface area contributed by atoms with Gasteiger partial charge >= 0.3 is 6.18 Å². The average Bonchev–Trinajstić information content (AvgIpc) is 2.33. The van der Waals surface area contributed by atoms with Crippen molar-refractivity contribution < 1.29 is 26.7 Å². The summed E-state index contributed by atoms with van der Waals surface area (Å²) in [7, 11) is -3.01. The van der Waals surface area contributed by atoms with Gasteiger partial charge in [0.15, 0.2) is 9.84 Å². The van der Waals surface area contributed by atoms with Gasteiger partial charge < -0.3 is 5.11 Å². The Labute approximate surface area is 114 Å². The minimum atomic E-state index is -4.61. The number of halogens is 3. The molecule has 0 radical (unpaired) electrons. The first kappa shape index (κ1) is 15.1. The van der Waals surface area contributed by atoms with Crippen molar-refractivity contribution in [1.29, 1.82) is 0 Å². The van der Waals surface area contributed by atoms with Crippen molar-refractivity contribution in [3.05, 3.63) is 29.3 Å². The fourth-order valence-electron chi connectivity index (χ4n) is 2.08. The van der Waals surface area contributed by atoms with Crippen LogP contribution >= 0.6 is 0 Å². The molecule has 1 saturated heterocycles. The molecule has 0 aromatic heterocycles. The highest BCUT2D eigenvalue weighted by Gasteiger charge is 2.34. The van der Waals surface area contributed by atoms with Crippen LogP contribution in [0.25, 0.3) is 0 Å². The van der Waals surface area contributed by atoms with Gasteiger partial charge in [-0.25, -0.2) is 8.42 Å². The van der Waals surface area contributed by atoms with Crippen LogP contribution in [0.5, 0.6) is 5.75 Å². The average molecular weight is 309 g/mol. The number of phenols is 1. The summed E-state index contributed by atoms with van der Waals surface area (Å²) in [4.78, 5) is 1.79. The third-order valence-corrected chi connectivity index (χ3v) is 4.82. The van der Waals surface area contributed by atoms with Crippen LogP contribution < -0.4 is 0 Å². The molecule has 20 heavy (non-hydrogen) atoms. The zero-order valence-corrected chi connectivity index (χ0v) is 11.3. The topological polar surface area (TPSA) is 57.6 Å². The highest BCUT2D eigenvalue weighted by atomic mass is 32.2. The maximum atomic E-state index is 12.7. The quantitative estimate of drug-likeness (QED) is 0.902. The normalized spacial score (nSPS) is 19.9. The Kier molecular flexibility index (Phi) is 3.97. The molecule has 2 rings (SSSR count). The van der Waals surface area contributed by atoms with E-state index in [9.17, 15) is 26.7 Å². The number of hydrogen-bond acceptors (Lipinski definition) is 4. The number of hydrogen-bond donors (Lipinski definition) is 1. The van der Waals surface area contributed by atoms with E-state index in [1.165, 1.54) is 6.07 Å². The number of nitrogens with zero attached hydrogens (tertiary/aromatic N) is 1. The van der Waals surface area contributed by atoms with E-state index in [0.717, 1.165) is 12.1 Å². The molecule has 0 spiro atoms. The summed E-state index contributed by atoms with van der Waals surface area (Å²) in [6.07, 6.45) is -4.61. The first-order valence-corrected chi connectivity index (χ1v) is 7.81. The van der Waals surface area contributed by atoms with Gasteiger partial charge in [-0.2, -0.15) is 13.2 Å². The Bertz CT molecular complexity index is 584. The van der Waals surface area contributed by atoms with E-state index in [0.29, 0.717) is 18.7 Å². The highest BCUT2D eigenvalue weighted by Crippen LogP contribution is 2.36. The fraction of sp³-hybridized carbons (Fsp3) is 0.500. The molecule has 112 valence electrons. The largest absolute Gasteiger partial charge is 0.507 e. The second-order valence-corrected chi connectivity index (χ2v) is 7.08. The van der Waals surface area contributed by atoms with Crippen molar-refractivity contribution in [3.63, 3.8) is 0 Å². The van der Waals surface area contributed by atoms with Crippen molar-refractivity contribution in [1.82, 2.24) is 4.90 Å². The lowest BCUT2D eigenvalue weighted by molar-refractivity contribution is -0.138. The van der Waals surface area contributed by atoms with Gasteiger partial charge in [-0.15, -0.1) is 0 Å². The minimum Gasteiger partial charge on any atom is -0.507 e. The molecule has 0 saturated carbocycles. The Morgan fingerprint density at radius 3 is 2.35 bits per heavy atom. The Balaban J connectivity index is 2.11. The number of rotatable bonds is 2. The van der Waals surface area contributed by atoms with Crippen LogP contribution in [0, 0.1) is 0 Å². The molecule has 1 N–H and O–H groups in total. The predicted octanol–water partition coefficient (Wildman–Crippen LogP) is 1.64. The predicted molar refractivity (Wildman–Crippen MR) is 67.0 cm³/mol. The van der Waals surface area contributed by atoms with Crippen molar-refractivity contribution in [2.75, 3.05) is 24.6 Å². The van der Waals surface area contributed by atoms with E-state index >= 15 is 0 Å². The maximum absolute atomic E-state index is 12.7. The van der Waals surface area contributed by atoms with Crippen LogP contribution in [0.4, 0.5) is 13.2 Å². The number of phenolic OH excluding ortho intramolecular Hbond substituents is 1. The van der Waals surface area contributed by atoms with E-state index in [1.807, 2.05) is 0 Å². The lowest BCUT2D eigenvalue weighted by atomic mass is 10.1. The second-order valence-electron chi connectivity index (χ2n) is 4.78. The smallest absolute Gasteiger partial charge is 0.419 e. The Morgan fingerprint density at radius 2 is 1.80 bits per heavy atom. The van der Waals surface area contributed by atoms with E-state index in [1.54, 1.807) is 4.90 Å². The first-order chi connectivity index (χ1) is 9.17. The highest BCUT2D eigenvalue weighted by molar-refractivity contribution is 7.91. The van der Waals surface area contributed by atoms with E-state index < -0.39 is 27.3 Å². The van der Waals surface area contributed by atoms with Gasteiger partial charge in [-0.1, -0.05) is 6.07 Å². The summed E-state index contributed by atoms with van der Waals surface area (Å²) >= 11 is 0. The number of aromatic hydroxyl groups is 1. The van der Waals surface area contributed by atoms with Gasteiger partial charge in [-0.05, 0) is 17.7 Å². The zero-order chi connectivity index (χ0) is 15.0. The summed E-state index contributed by atoms with van der Waals surface area (Å²) < 4.78 is 60.5. The molecule has 1 heterocycles. The van der Waals surface area contributed by atoms with Crippen molar-refractivity contribution >= 4 is 9.84 Å². The fourth-order valence-corrected chi connectivity index (χ4v) is 3.35. The zero-order valence-electron chi connectivity index (χ0n) is 10.5. The van der Waals surface area contributed by atoms with Gasteiger partial charge in [-0.3, -0.25) is 4.90 Å². The molecule has 1 fully saturated rings. The third kappa shape index (κ3) is 3.63. The summed E-state index contributed by atoms with van der Waals surface area (Å²) in [6, 6.07) is 3.32. The number of benzene rings is 1. The van der Waals surface area contributed by atoms with Crippen molar-refractivity contribution in [2.45, 2.75) is 12.7 Å². The molecule has 1 aromatic carbocycles. The van der Waals surface area contributed by atoms with Crippen LogP contribution in [-0.4, -0.2) is 43.0 Å². The molecular formula is C12H14F3NO3S. The van der Waals surface area contributed by atoms with Crippen LogP contribution in [0.3, 0.4) is 0 Å². The molecule has 4 nitrogen and oxygen atoms in total. The molecule has 8 heteroatoms. The molecule has 0 bridgehead atoms. The maximum Gasteiger partial charge on any atom is 0.419 e. The number of sulfone groups is 1. The summed E-state index contributed by atoms with van der Waals surface area (Å²) in [5.41, 5.74) is -0.672. The van der Waals surface area contributed by atoms with Gasteiger partial charge in [0, 0.05) is 19.6 Å². The summed E-state index contributed by atoms with van der Waals surface area (Å²) in [6.45, 7) is 0.855. The molecule has 0 unspecified atom stereocenters. The standard InChI is InChI=1S/C12H14F3NO3S/c13-12(14,15)10-7-9(1-2-11(10)17)8-16-3-5-20(18,19)6-4-16/h1-2,7,17H,3-6,8H2. The van der Waals surface area contributed by atoms with E-state index in [4.69, 9.17) is 0 Å². The molecule has 1 aliphatic rings. The summed E-state index contributed by atoms with van der Waals surface area (Å²) in [5, 5.41) is 9.23. The monoisotopic (exact) mass is 309 g/mol. The van der Waals surface area contributed by atoms with Crippen LogP contribution in [0.2, 0.25) is 0 Å². The van der Waals surface area contributed by atoms with Gasteiger partial charge in [0.25, 0.3) is 0 Å². The Hall–Kier alpha value is -1.28. The van der Waals surface area contributed by atoms with E-state index in [-0.39, 0.29) is 18.1 Å². The number of alkyl halides is 3. The van der Waals surface area contributed by atoms with Crippen LogP contribution in [0.15, 0.2) is 18.2 Å².